The molecule has 4 rings (SSSR count). The van der Waals surface area contributed by atoms with Crippen LogP contribution in [0.2, 0.25) is 0 Å². The van der Waals surface area contributed by atoms with Crippen LogP contribution in [0.1, 0.15) is 75.3 Å². The van der Waals surface area contributed by atoms with Crippen molar-refractivity contribution in [2.75, 3.05) is 0 Å². The van der Waals surface area contributed by atoms with Crippen molar-refractivity contribution < 1.29 is 0 Å². The minimum atomic E-state index is -0.0651. The van der Waals surface area contributed by atoms with Gasteiger partial charge < -0.3 is 0 Å². The largest absolute Gasteiger partial charge is 0.0683 e. The van der Waals surface area contributed by atoms with Gasteiger partial charge in [-0.25, -0.2) is 0 Å². The molecule has 0 aliphatic heterocycles. The van der Waals surface area contributed by atoms with E-state index in [1.165, 1.54) is 80.9 Å². The molecule has 0 amide bonds. The molecular formula is C26H35P. The van der Waals surface area contributed by atoms with Gasteiger partial charge in [-0.15, -0.1) is 0 Å². The standard InChI is InChI=1S/C26H35P/c1-20-12-9-10-18-24(20)26-21(2)13-11-19-25(26)27(22-14-5-3-6-15-22)23-16-7-4-8-17-23/h9-13,18-19,22-23H,3-8,14-17H2,1-2H3. The van der Waals surface area contributed by atoms with Gasteiger partial charge in [-0.05, 0) is 78.4 Å². The summed E-state index contributed by atoms with van der Waals surface area (Å²) in [5.74, 6) is 0. The van der Waals surface area contributed by atoms with Gasteiger partial charge in [0.05, 0.1) is 0 Å². The Hall–Kier alpha value is -1.13. The summed E-state index contributed by atoms with van der Waals surface area (Å²) in [4.78, 5) is 0. The first-order valence-electron chi connectivity index (χ1n) is 11.2. The normalized spacial score (nSPS) is 19.5. The van der Waals surface area contributed by atoms with Gasteiger partial charge in [0.1, 0.15) is 0 Å². The van der Waals surface area contributed by atoms with Crippen molar-refractivity contribution in [2.45, 2.75) is 89.4 Å². The minimum Gasteiger partial charge on any atom is -0.0683 e. The average molecular weight is 379 g/mol. The molecule has 27 heavy (non-hydrogen) atoms. The van der Waals surface area contributed by atoms with Crippen molar-refractivity contribution in [1.29, 1.82) is 0 Å². The number of hydrogen-bond acceptors (Lipinski definition) is 0. The first-order chi connectivity index (χ1) is 13.3. The molecule has 2 aromatic rings. The lowest BCUT2D eigenvalue weighted by molar-refractivity contribution is 0.487. The number of rotatable bonds is 4. The predicted molar refractivity (Wildman–Crippen MR) is 122 cm³/mol. The molecular weight excluding hydrogens is 343 g/mol. The van der Waals surface area contributed by atoms with Crippen LogP contribution in [0, 0.1) is 13.8 Å². The molecule has 1 heteroatoms. The second-order valence-electron chi connectivity index (χ2n) is 8.77. The topological polar surface area (TPSA) is 0 Å². The zero-order valence-corrected chi connectivity index (χ0v) is 18.1. The van der Waals surface area contributed by atoms with E-state index in [-0.39, 0.29) is 7.92 Å². The molecule has 0 radical (unpaired) electrons. The Balaban J connectivity index is 1.82. The maximum Gasteiger partial charge on any atom is -0.00748 e. The van der Waals surface area contributed by atoms with Crippen molar-refractivity contribution in [1.82, 2.24) is 0 Å². The monoisotopic (exact) mass is 378 g/mol. The summed E-state index contributed by atoms with van der Waals surface area (Å²) in [6.07, 6.45) is 14.7. The second-order valence-corrected chi connectivity index (χ2v) is 11.5. The highest BCUT2D eigenvalue weighted by Gasteiger charge is 2.34. The summed E-state index contributed by atoms with van der Waals surface area (Å²) in [6, 6.07) is 16.2. The van der Waals surface area contributed by atoms with Crippen LogP contribution >= 0.6 is 7.92 Å². The zero-order chi connectivity index (χ0) is 18.6. The lowest BCUT2D eigenvalue weighted by atomic mass is 9.96. The molecule has 0 bridgehead atoms. The fraction of sp³-hybridized carbons (Fsp3) is 0.538. The number of benzene rings is 2. The highest BCUT2D eigenvalue weighted by Crippen LogP contribution is 2.56. The summed E-state index contributed by atoms with van der Waals surface area (Å²) >= 11 is 0. The van der Waals surface area contributed by atoms with Gasteiger partial charge in [0, 0.05) is 0 Å². The van der Waals surface area contributed by atoms with E-state index in [1.54, 1.807) is 10.9 Å². The van der Waals surface area contributed by atoms with E-state index in [2.05, 4.69) is 56.3 Å². The van der Waals surface area contributed by atoms with Crippen LogP contribution in [0.3, 0.4) is 0 Å². The quantitative estimate of drug-likeness (QED) is 0.477. The summed E-state index contributed by atoms with van der Waals surface area (Å²) in [6.45, 7) is 4.62. The highest BCUT2D eigenvalue weighted by molar-refractivity contribution is 7.67. The van der Waals surface area contributed by atoms with Crippen molar-refractivity contribution in [3.8, 4) is 11.1 Å². The smallest absolute Gasteiger partial charge is 0.00748 e. The van der Waals surface area contributed by atoms with Crippen LogP contribution in [0.15, 0.2) is 42.5 Å². The van der Waals surface area contributed by atoms with E-state index in [9.17, 15) is 0 Å². The second kappa shape index (κ2) is 8.91. The van der Waals surface area contributed by atoms with Gasteiger partial charge in [0.15, 0.2) is 0 Å². The molecule has 0 saturated heterocycles. The van der Waals surface area contributed by atoms with Crippen LogP contribution in [0.25, 0.3) is 11.1 Å². The summed E-state index contributed by atoms with van der Waals surface area (Å²) < 4.78 is 0. The van der Waals surface area contributed by atoms with Crippen LogP contribution in [-0.2, 0) is 0 Å². The van der Waals surface area contributed by atoms with E-state index in [0.29, 0.717) is 0 Å². The Morgan fingerprint density at radius 2 is 1.19 bits per heavy atom. The minimum absolute atomic E-state index is 0.0651. The molecule has 2 aromatic carbocycles. The molecule has 0 nitrogen and oxygen atoms in total. The number of hydrogen-bond donors (Lipinski definition) is 0. The average Bonchev–Trinajstić information content (AvgIpc) is 2.71. The SMILES string of the molecule is Cc1ccccc1-c1c(C)cccc1P(C1CCCCC1)C1CCCCC1. The van der Waals surface area contributed by atoms with Crippen molar-refractivity contribution in [3.05, 3.63) is 53.6 Å². The fourth-order valence-electron chi connectivity index (χ4n) is 5.48. The Morgan fingerprint density at radius 3 is 1.78 bits per heavy atom. The summed E-state index contributed by atoms with van der Waals surface area (Å²) in [5.41, 5.74) is 7.88. The lowest BCUT2D eigenvalue weighted by Gasteiger charge is -2.40. The van der Waals surface area contributed by atoms with E-state index in [1.807, 2.05) is 0 Å². The molecule has 0 heterocycles. The Kier molecular flexibility index (Phi) is 6.34. The first kappa shape index (κ1) is 19.2. The molecule has 2 saturated carbocycles. The van der Waals surface area contributed by atoms with E-state index in [0.717, 1.165) is 11.3 Å². The van der Waals surface area contributed by atoms with Crippen LogP contribution in [0.5, 0.6) is 0 Å². The Labute approximate surface area is 167 Å². The van der Waals surface area contributed by atoms with Gasteiger partial charge in [0.25, 0.3) is 0 Å². The molecule has 144 valence electrons. The van der Waals surface area contributed by atoms with Gasteiger partial charge in [-0.2, -0.15) is 0 Å². The van der Waals surface area contributed by atoms with Crippen molar-refractivity contribution >= 4 is 13.2 Å². The number of aryl methyl sites for hydroxylation is 2. The van der Waals surface area contributed by atoms with Gasteiger partial charge in [-0.3, -0.25) is 0 Å². The Morgan fingerprint density at radius 1 is 0.630 bits per heavy atom. The van der Waals surface area contributed by atoms with E-state index in [4.69, 9.17) is 0 Å². The molecule has 0 aromatic heterocycles. The van der Waals surface area contributed by atoms with Crippen molar-refractivity contribution in [3.63, 3.8) is 0 Å². The van der Waals surface area contributed by atoms with Gasteiger partial charge in [0.2, 0.25) is 0 Å². The highest BCUT2D eigenvalue weighted by atomic mass is 31.1. The predicted octanol–water partition coefficient (Wildman–Crippen LogP) is 7.74. The van der Waals surface area contributed by atoms with E-state index >= 15 is 0 Å². The van der Waals surface area contributed by atoms with Crippen LogP contribution in [0.4, 0.5) is 0 Å². The third-order valence-corrected chi connectivity index (χ3v) is 10.4. The molecule has 2 aliphatic rings. The zero-order valence-electron chi connectivity index (χ0n) is 17.2. The van der Waals surface area contributed by atoms with Crippen LogP contribution in [-0.4, -0.2) is 11.3 Å². The maximum atomic E-state index is 2.52. The molecule has 0 atom stereocenters. The summed E-state index contributed by atoms with van der Waals surface area (Å²) in [5, 5.41) is 1.73. The molecule has 2 aliphatic carbocycles. The first-order valence-corrected chi connectivity index (χ1v) is 12.7. The maximum absolute atomic E-state index is 2.52. The third-order valence-electron chi connectivity index (χ3n) is 6.88. The lowest BCUT2D eigenvalue weighted by Crippen LogP contribution is -2.27. The fourth-order valence-corrected chi connectivity index (χ4v) is 9.52. The molecule has 0 unspecified atom stereocenters. The molecule has 0 spiro atoms. The Bertz CT molecular complexity index is 733. The summed E-state index contributed by atoms with van der Waals surface area (Å²) in [7, 11) is -0.0651. The molecule has 0 N–H and O–H groups in total. The third kappa shape index (κ3) is 4.17. The van der Waals surface area contributed by atoms with E-state index < -0.39 is 0 Å². The van der Waals surface area contributed by atoms with Gasteiger partial charge >= 0.3 is 0 Å². The van der Waals surface area contributed by atoms with Crippen molar-refractivity contribution in [2.24, 2.45) is 0 Å². The van der Waals surface area contributed by atoms with Crippen LogP contribution < -0.4 is 5.30 Å². The molecule has 2 fully saturated rings. The van der Waals surface area contributed by atoms with Gasteiger partial charge in [-0.1, -0.05) is 88.9 Å².